The highest BCUT2D eigenvalue weighted by Crippen LogP contribution is 2.47. The van der Waals surface area contributed by atoms with Gasteiger partial charge in [-0.2, -0.15) is 0 Å². The molecule has 0 aliphatic carbocycles. The van der Waals surface area contributed by atoms with Crippen molar-refractivity contribution >= 4 is 34.8 Å². The van der Waals surface area contributed by atoms with Gasteiger partial charge in [0.05, 0.1) is 14.2 Å². The lowest BCUT2D eigenvalue weighted by Gasteiger charge is -2.29. The van der Waals surface area contributed by atoms with E-state index in [0.29, 0.717) is 33.7 Å². The molecule has 1 unspecified atom stereocenters. The zero-order valence-corrected chi connectivity index (χ0v) is 17.5. The number of fused-ring (bicyclic) bond motifs is 1. The van der Waals surface area contributed by atoms with Crippen molar-refractivity contribution in [2.24, 2.45) is 0 Å². The summed E-state index contributed by atoms with van der Waals surface area (Å²) in [5.74, 6) is 1.09. The molecule has 1 aliphatic rings. The molecule has 0 fully saturated rings. The number of benzene rings is 3. The van der Waals surface area contributed by atoms with E-state index < -0.39 is 5.41 Å². The third kappa shape index (κ3) is 3.43. The van der Waals surface area contributed by atoms with Crippen LogP contribution in [-0.4, -0.2) is 20.1 Å². The first kappa shape index (κ1) is 19.6. The topological polar surface area (TPSA) is 47.6 Å². The highest BCUT2D eigenvalue weighted by atomic mass is 35.5. The Morgan fingerprint density at radius 3 is 2.24 bits per heavy atom. The van der Waals surface area contributed by atoms with Crippen LogP contribution in [0, 0.1) is 0 Å². The largest absolute Gasteiger partial charge is 0.497 e. The van der Waals surface area contributed by atoms with E-state index in [9.17, 15) is 4.79 Å². The van der Waals surface area contributed by atoms with Crippen molar-refractivity contribution in [2.75, 3.05) is 19.5 Å². The molecule has 0 spiro atoms. The van der Waals surface area contributed by atoms with Gasteiger partial charge in [-0.25, -0.2) is 0 Å². The summed E-state index contributed by atoms with van der Waals surface area (Å²) in [4.78, 5) is 13.5. The summed E-state index contributed by atoms with van der Waals surface area (Å²) >= 11 is 12.4. The van der Waals surface area contributed by atoms with E-state index in [0.717, 1.165) is 16.7 Å². The minimum Gasteiger partial charge on any atom is -0.497 e. The number of amides is 1. The van der Waals surface area contributed by atoms with Gasteiger partial charge in [-0.15, -0.1) is 0 Å². The fourth-order valence-corrected chi connectivity index (χ4v) is 4.30. The molecule has 1 N–H and O–H groups in total. The van der Waals surface area contributed by atoms with Crippen molar-refractivity contribution < 1.29 is 14.3 Å². The Bertz CT molecular complexity index is 1080. The lowest BCUT2D eigenvalue weighted by Crippen LogP contribution is -2.38. The molecule has 29 heavy (non-hydrogen) atoms. The van der Waals surface area contributed by atoms with Gasteiger partial charge >= 0.3 is 0 Å². The van der Waals surface area contributed by atoms with Crippen molar-refractivity contribution in [1.82, 2.24) is 0 Å². The molecule has 0 saturated carbocycles. The van der Waals surface area contributed by atoms with Gasteiger partial charge in [-0.1, -0.05) is 41.4 Å². The Morgan fingerprint density at radius 2 is 1.59 bits per heavy atom. The first-order chi connectivity index (χ1) is 14.0. The minimum absolute atomic E-state index is 0.134. The molecule has 4 nitrogen and oxygen atoms in total. The maximum absolute atomic E-state index is 13.5. The fourth-order valence-electron chi connectivity index (χ4n) is 3.91. The molecule has 6 heteroatoms. The van der Waals surface area contributed by atoms with Gasteiger partial charge in [-0.3, -0.25) is 4.79 Å². The first-order valence-corrected chi connectivity index (χ1v) is 9.81. The van der Waals surface area contributed by atoms with Crippen LogP contribution in [0.5, 0.6) is 11.5 Å². The monoisotopic (exact) mass is 427 g/mol. The van der Waals surface area contributed by atoms with Gasteiger partial charge in [0.2, 0.25) is 5.91 Å². The zero-order chi connectivity index (χ0) is 20.6. The van der Waals surface area contributed by atoms with E-state index in [1.165, 1.54) is 0 Å². The second-order valence-corrected chi connectivity index (χ2v) is 7.83. The van der Waals surface area contributed by atoms with Crippen LogP contribution in [0.2, 0.25) is 10.0 Å². The Labute approximate surface area is 179 Å². The number of methoxy groups -OCH3 is 2. The lowest BCUT2D eigenvalue weighted by molar-refractivity contribution is -0.119. The highest BCUT2D eigenvalue weighted by molar-refractivity contribution is 6.31. The Hall–Kier alpha value is -2.69. The molecule has 0 saturated heterocycles. The van der Waals surface area contributed by atoms with Crippen LogP contribution >= 0.6 is 23.2 Å². The quantitative estimate of drug-likeness (QED) is 0.585. The Kier molecular flexibility index (Phi) is 5.15. The molecule has 1 atom stereocenters. The number of hydrogen-bond donors (Lipinski definition) is 1. The van der Waals surface area contributed by atoms with Gasteiger partial charge in [0.15, 0.2) is 0 Å². The van der Waals surface area contributed by atoms with Crippen LogP contribution < -0.4 is 14.8 Å². The van der Waals surface area contributed by atoms with Crippen molar-refractivity contribution in [1.29, 1.82) is 0 Å². The Balaban J connectivity index is 1.98. The maximum atomic E-state index is 13.5. The number of nitrogens with one attached hydrogen (secondary N) is 1. The summed E-state index contributed by atoms with van der Waals surface area (Å²) in [5, 5.41) is 4.18. The van der Waals surface area contributed by atoms with Crippen molar-refractivity contribution in [2.45, 2.75) is 11.8 Å². The molecule has 0 bridgehead atoms. The van der Waals surface area contributed by atoms with Crippen LogP contribution in [0.1, 0.15) is 16.7 Å². The van der Waals surface area contributed by atoms with Gasteiger partial charge in [0.1, 0.15) is 16.9 Å². The molecule has 0 radical (unpaired) electrons. The van der Waals surface area contributed by atoms with Crippen LogP contribution in [0.25, 0.3) is 0 Å². The highest BCUT2D eigenvalue weighted by Gasteiger charge is 2.48. The number of ether oxygens (including phenoxy) is 2. The number of anilines is 1. The van der Waals surface area contributed by atoms with Crippen molar-refractivity contribution in [3.05, 3.63) is 87.4 Å². The smallest absolute Gasteiger partial charge is 0.239 e. The number of carbonyl (C=O) groups is 1. The van der Waals surface area contributed by atoms with Crippen LogP contribution in [-0.2, 0) is 16.6 Å². The fraction of sp³-hybridized carbons (Fsp3) is 0.174. The second-order valence-electron chi connectivity index (χ2n) is 6.96. The number of carbonyl (C=O) groups excluding carboxylic acids is 1. The van der Waals surface area contributed by atoms with E-state index >= 15 is 0 Å². The predicted octanol–water partition coefficient (Wildman–Crippen LogP) is 5.49. The summed E-state index contributed by atoms with van der Waals surface area (Å²) in [6.07, 6.45) is 0.421. The molecule has 1 amide bonds. The van der Waals surface area contributed by atoms with E-state index in [1.807, 2.05) is 42.5 Å². The van der Waals surface area contributed by atoms with Gasteiger partial charge < -0.3 is 14.8 Å². The van der Waals surface area contributed by atoms with Crippen LogP contribution in [0.3, 0.4) is 0 Å². The van der Waals surface area contributed by atoms with Crippen molar-refractivity contribution in [3.63, 3.8) is 0 Å². The number of halogens is 2. The zero-order valence-electron chi connectivity index (χ0n) is 16.0. The average Bonchev–Trinajstić information content (AvgIpc) is 2.98. The molecule has 1 heterocycles. The normalized spacial score (nSPS) is 17.6. The SMILES string of the molecule is COc1cc(OC)cc(C2(Cc3cccc(Cl)c3)C(=O)Nc3cc(Cl)ccc32)c1. The number of hydrogen-bond acceptors (Lipinski definition) is 3. The van der Waals surface area contributed by atoms with E-state index in [1.54, 1.807) is 32.4 Å². The van der Waals surface area contributed by atoms with E-state index in [2.05, 4.69) is 5.32 Å². The average molecular weight is 428 g/mol. The Morgan fingerprint density at radius 1 is 0.897 bits per heavy atom. The van der Waals surface area contributed by atoms with Gasteiger partial charge in [0, 0.05) is 21.8 Å². The minimum atomic E-state index is -0.980. The molecule has 1 aliphatic heterocycles. The lowest BCUT2D eigenvalue weighted by atomic mass is 9.71. The number of rotatable bonds is 5. The maximum Gasteiger partial charge on any atom is 0.239 e. The summed E-state index contributed by atoms with van der Waals surface area (Å²) in [5.41, 5.74) is 2.28. The first-order valence-electron chi connectivity index (χ1n) is 9.06. The van der Waals surface area contributed by atoms with Crippen LogP contribution in [0.4, 0.5) is 5.69 Å². The molecule has 0 aromatic heterocycles. The van der Waals surface area contributed by atoms with Crippen LogP contribution in [0.15, 0.2) is 60.7 Å². The molecule has 3 aromatic rings. The van der Waals surface area contributed by atoms with E-state index in [4.69, 9.17) is 32.7 Å². The second kappa shape index (κ2) is 7.62. The van der Waals surface area contributed by atoms with Gasteiger partial charge in [0.25, 0.3) is 0 Å². The molecular formula is C23H19Cl2NO3. The van der Waals surface area contributed by atoms with E-state index in [-0.39, 0.29) is 5.91 Å². The van der Waals surface area contributed by atoms with Gasteiger partial charge in [-0.05, 0) is 59.5 Å². The molecular weight excluding hydrogens is 409 g/mol. The summed E-state index contributed by atoms with van der Waals surface area (Å²) in [6.45, 7) is 0. The predicted molar refractivity (Wildman–Crippen MR) is 116 cm³/mol. The molecule has 3 aromatic carbocycles. The summed E-state index contributed by atoms with van der Waals surface area (Å²) in [7, 11) is 3.18. The third-order valence-corrected chi connectivity index (χ3v) is 5.75. The molecule has 4 rings (SSSR count). The van der Waals surface area contributed by atoms with Crippen molar-refractivity contribution in [3.8, 4) is 11.5 Å². The third-order valence-electron chi connectivity index (χ3n) is 5.28. The summed E-state index contributed by atoms with van der Waals surface area (Å²) in [6, 6.07) is 18.5. The summed E-state index contributed by atoms with van der Waals surface area (Å²) < 4.78 is 10.9. The standard InChI is InChI=1S/C23H19Cl2NO3/c1-28-18-9-15(10-19(12-18)29-2)23(13-14-4-3-5-16(24)8-14)20-7-6-17(25)11-21(20)26-22(23)27/h3-12H,13H2,1-2H3,(H,26,27). The molecule has 148 valence electrons.